The average molecular weight is 436 g/mol. The van der Waals surface area contributed by atoms with Crippen molar-refractivity contribution in [1.29, 1.82) is 0 Å². The van der Waals surface area contributed by atoms with E-state index < -0.39 is 27.8 Å². The third-order valence-corrected chi connectivity index (χ3v) is 6.43. The monoisotopic (exact) mass is 435 g/mol. The van der Waals surface area contributed by atoms with Crippen molar-refractivity contribution in [3.63, 3.8) is 0 Å². The highest BCUT2D eigenvalue weighted by Gasteiger charge is 2.42. The number of nitrogens with zero attached hydrogens (tertiary/aromatic N) is 1. The van der Waals surface area contributed by atoms with E-state index in [0.717, 1.165) is 0 Å². The summed E-state index contributed by atoms with van der Waals surface area (Å²) in [6, 6.07) is 10.5. The number of sulfonamides is 1. The summed E-state index contributed by atoms with van der Waals surface area (Å²) >= 11 is 6.13. The van der Waals surface area contributed by atoms with Crippen LogP contribution in [-0.2, 0) is 19.6 Å². The Balaban J connectivity index is 1.90. The molecule has 0 aromatic heterocycles. The SMILES string of the molecule is CC(=O)Nc1cccc(NC(=O)c2cc(N3C(=O)C(C)CS3(=O)=O)ccc2Cl)c1. The molecule has 10 heteroatoms. The zero-order chi connectivity index (χ0) is 21.3. The van der Waals surface area contributed by atoms with Gasteiger partial charge in [0, 0.05) is 18.3 Å². The minimum Gasteiger partial charge on any atom is -0.326 e. The maximum absolute atomic E-state index is 12.7. The first-order chi connectivity index (χ1) is 13.6. The van der Waals surface area contributed by atoms with Crippen LogP contribution in [0.3, 0.4) is 0 Å². The number of halogens is 1. The molecule has 1 saturated heterocycles. The molecule has 0 bridgehead atoms. The number of benzene rings is 2. The summed E-state index contributed by atoms with van der Waals surface area (Å²) in [5.41, 5.74) is 0.969. The molecule has 2 aromatic carbocycles. The van der Waals surface area contributed by atoms with Gasteiger partial charge in [0.2, 0.25) is 21.8 Å². The second kappa shape index (κ2) is 7.84. The van der Waals surface area contributed by atoms with Gasteiger partial charge >= 0.3 is 0 Å². The Kier molecular flexibility index (Phi) is 5.63. The number of carbonyl (C=O) groups excluding carboxylic acids is 3. The van der Waals surface area contributed by atoms with Crippen LogP contribution in [0.5, 0.6) is 0 Å². The molecule has 3 rings (SSSR count). The van der Waals surface area contributed by atoms with E-state index in [2.05, 4.69) is 10.6 Å². The minimum absolute atomic E-state index is 0.0108. The van der Waals surface area contributed by atoms with Gasteiger partial charge in [-0.05, 0) is 36.4 Å². The van der Waals surface area contributed by atoms with Crippen molar-refractivity contribution in [2.75, 3.05) is 20.7 Å². The fourth-order valence-corrected chi connectivity index (χ4v) is 4.99. The van der Waals surface area contributed by atoms with Crippen LogP contribution in [0.1, 0.15) is 24.2 Å². The van der Waals surface area contributed by atoms with Gasteiger partial charge in [-0.2, -0.15) is 0 Å². The maximum Gasteiger partial charge on any atom is 0.257 e. The van der Waals surface area contributed by atoms with Gasteiger partial charge < -0.3 is 10.6 Å². The lowest BCUT2D eigenvalue weighted by Crippen LogP contribution is -2.30. The van der Waals surface area contributed by atoms with Gasteiger partial charge in [-0.25, -0.2) is 12.7 Å². The third kappa shape index (κ3) is 4.41. The number of hydrogen-bond donors (Lipinski definition) is 2. The summed E-state index contributed by atoms with van der Waals surface area (Å²) in [5.74, 6) is -2.35. The Bertz CT molecular complexity index is 1120. The molecule has 29 heavy (non-hydrogen) atoms. The van der Waals surface area contributed by atoms with E-state index in [1.807, 2.05) is 0 Å². The third-order valence-electron chi connectivity index (χ3n) is 4.23. The van der Waals surface area contributed by atoms with Crippen LogP contribution >= 0.6 is 11.6 Å². The molecule has 2 N–H and O–H groups in total. The van der Waals surface area contributed by atoms with Crippen LogP contribution in [-0.4, -0.2) is 31.9 Å². The second-order valence-electron chi connectivity index (χ2n) is 6.66. The van der Waals surface area contributed by atoms with Gasteiger partial charge in [-0.15, -0.1) is 0 Å². The Morgan fingerprint density at radius 1 is 1.10 bits per heavy atom. The molecule has 2 aromatic rings. The molecule has 1 aliphatic rings. The molecule has 1 aliphatic heterocycles. The standard InChI is InChI=1S/C19H18ClN3O5S/c1-11-10-29(27,28)23(19(11)26)15-6-7-17(20)16(9-15)18(25)22-14-5-3-4-13(8-14)21-12(2)24/h3-9,11H,10H2,1-2H3,(H,21,24)(H,22,25). The summed E-state index contributed by atoms with van der Waals surface area (Å²) in [5, 5.41) is 5.35. The van der Waals surface area contributed by atoms with Crippen molar-refractivity contribution < 1.29 is 22.8 Å². The van der Waals surface area contributed by atoms with Gasteiger partial charge in [0.05, 0.1) is 27.9 Å². The van der Waals surface area contributed by atoms with Crippen LogP contribution < -0.4 is 14.9 Å². The van der Waals surface area contributed by atoms with Crippen molar-refractivity contribution in [2.24, 2.45) is 5.92 Å². The van der Waals surface area contributed by atoms with E-state index in [1.54, 1.807) is 24.3 Å². The largest absolute Gasteiger partial charge is 0.326 e. The van der Waals surface area contributed by atoms with Crippen molar-refractivity contribution in [1.82, 2.24) is 0 Å². The Morgan fingerprint density at radius 2 is 1.76 bits per heavy atom. The highest BCUT2D eigenvalue weighted by atomic mass is 35.5. The summed E-state index contributed by atoms with van der Waals surface area (Å²) in [7, 11) is -3.80. The molecule has 1 heterocycles. The predicted molar refractivity (Wildman–Crippen MR) is 111 cm³/mol. The molecule has 0 aliphatic carbocycles. The molecule has 1 unspecified atom stereocenters. The normalized spacial score (nSPS) is 17.8. The van der Waals surface area contributed by atoms with E-state index in [0.29, 0.717) is 15.7 Å². The lowest BCUT2D eigenvalue weighted by atomic mass is 10.1. The van der Waals surface area contributed by atoms with Gasteiger partial charge in [0.25, 0.3) is 5.91 Å². The highest BCUT2D eigenvalue weighted by molar-refractivity contribution is 7.94. The van der Waals surface area contributed by atoms with Crippen molar-refractivity contribution in [3.05, 3.63) is 53.1 Å². The highest BCUT2D eigenvalue weighted by Crippen LogP contribution is 2.31. The number of amides is 3. The molecule has 0 radical (unpaired) electrons. The van der Waals surface area contributed by atoms with E-state index in [4.69, 9.17) is 11.6 Å². The number of nitrogens with one attached hydrogen (secondary N) is 2. The Hall–Kier alpha value is -2.91. The van der Waals surface area contributed by atoms with Crippen LogP contribution in [0.15, 0.2) is 42.5 Å². The fraction of sp³-hybridized carbons (Fsp3) is 0.211. The molecule has 152 valence electrons. The lowest BCUT2D eigenvalue weighted by Gasteiger charge is -2.17. The Labute approximate surface area is 172 Å². The van der Waals surface area contributed by atoms with Gasteiger partial charge in [0.15, 0.2) is 0 Å². The van der Waals surface area contributed by atoms with Crippen LogP contribution in [0, 0.1) is 5.92 Å². The van der Waals surface area contributed by atoms with Gasteiger partial charge in [-0.3, -0.25) is 14.4 Å². The summed E-state index contributed by atoms with van der Waals surface area (Å²) in [4.78, 5) is 36.2. The fourth-order valence-electron chi connectivity index (χ4n) is 2.98. The molecule has 1 fully saturated rings. The Morgan fingerprint density at radius 3 is 2.34 bits per heavy atom. The molecular weight excluding hydrogens is 418 g/mol. The predicted octanol–water partition coefficient (Wildman–Crippen LogP) is 2.86. The minimum atomic E-state index is -3.80. The molecular formula is C19H18ClN3O5S. The van der Waals surface area contributed by atoms with E-state index in [-0.39, 0.29) is 27.9 Å². The van der Waals surface area contributed by atoms with E-state index in [9.17, 15) is 22.8 Å². The quantitative estimate of drug-likeness (QED) is 0.766. The van der Waals surface area contributed by atoms with Gasteiger partial charge in [-0.1, -0.05) is 24.6 Å². The van der Waals surface area contributed by atoms with E-state index >= 15 is 0 Å². The summed E-state index contributed by atoms with van der Waals surface area (Å²) < 4.78 is 25.3. The van der Waals surface area contributed by atoms with Gasteiger partial charge in [0.1, 0.15) is 0 Å². The number of carbonyl (C=O) groups is 3. The first-order valence-electron chi connectivity index (χ1n) is 8.64. The van der Waals surface area contributed by atoms with Crippen molar-refractivity contribution in [2.45, 2.75) is 13.8 Å². The average Bonchev–Trinajstić information content (AvgIpc) is 2.82. The molecule has 1 atom stereocenters. The molecule has 0 saturated carbocycles. The van der Waals surface area contributed by atoms with Crippen LogP contribution in [0.25, 0.3) is 0 Å². The lowest BCUT2D eigenvalue weighted by molar-refractivity contribution is -0.119. The summed E-state index contributed by atoms with van der Waals surface area (Å²) in [6.07, 6.45) is 0. The van der Waals surface area contributed by atoms with Crippen LogP contribution in [0.4, 0.5) is 17.1 Å². The number of rotatable bonds is 4. The zero-order valence-electron chi connectivity index (χ0n) is 15.6. The first kappa shape index (κ1) is 20.8. The molecule has 3 amide bonds. The molecule has 8 nitrogen and oxygen atoms in total. The smallest absolute Gasteiger partial charge is 0.257 e. The van der Waals surface area contributed by atoms with E-state index in [1.165, 1.54) is 32.0 Å². The molecule has 0 spiro atoms. The van der Waals surface area contributed by atoms with Crippen LogP contribution in [0.2, 0.25) is 5.02 Å². The zero-order valence-corrected chi connectivity index (χ0v) is 17.2. The number of hydrogen-bond acceptors (Lipinski definition) is 5. The number of anilines is 3. The van der Waals surface area contributed by atoms with Crippen molar-refractivity contribution in [3.8, 4) is 0 Å². The second-order valence-corrected chi connectivity index (χ2v) is 8.93. The van der Waals surface area contributed by atoms with Crippen molar-refractivity contribution >= 4 is 56.4 Å². The maximum atomic E-state index is 12.7. The topological polar surface area (TPSA) is 113 Å². The summed E-state index contributed by atoms with van der Waals surface area (Å²) in [6.45, 7) is 2.90. The first-order valence-corrected chi connectivity index (χ1v) is 10.6.